The SMILES string of the molecule is C.C.C.C.C.COC(=O)[C@@H]1COCN1C(=O)c1cc(C)c(C)cc1[N+](=O)[O-].C[C@@H]1COCN1C(=O)OCc1ccccc1.Cc1cc(C(=O)Cl)c([N+](=O)[O-])cc1C.O=C=O. The van der Waals surface area contributed by atoms with E-state index in [9.17, 15) is 39.4 Å². The number of nitro groups is 2. The number of nitro benzene ring substituents is 2. The second-order valence-corrected chi connectivity index (χ2v) is 12.3. The maximum absolute atomic E-state index is 12.6. The van der Waals surface area contributed by atoms with Crippen molar-refractivity contribution < 1.29 is 57.6 Å². The molecule has 3 aromatic carbocycles. The van der Waals surface area contributed by atoms with Crippen LogP contribution in [0.2, 0.25) is 0 Å². The molecule has 3 aromatic rings. The van der Waals surface area contributed by atoms with Crippen molar-refractivity contribution in [3.63, 3.8) is 0 Å². The van der Waals surface area contributed by atoms with Crippen LogP contribution in [0.25, 0.3) is 0 Å². The number of carbonyl (C=O) groups is 4. The van der Waals surface area contributed by atoms with Crippen LogP contribution in [0.15, 0.2) is 54.6 Å². The van der Waals surface area contributed by atoms with E-state index >= 15 is 0 Å². The molecular weight excluding hydrogens is 808 g/mol. The fraction of sp³-hybridized carbons (Fsp3) is 0.439. The Morgan fingerprint density at radius 3 is 1.63 bits per heavy atom. The molecule has 2 fully saturated rings. The molecule has 2 amide bonds. The first-order valence-electron chi connectivity index (χ1n) is 16.2. The van der Waals surface area contributed by atoms with Crippen LogP contribution in [0.5, 0.6) is 0 Å². The molecule has 0 aliphatic carbocycles. The van der Waals surface area contributed by atoms with Crippen molar-refractivity contribution in [2.24, 2.45) is 0 Å². The van der Waals surface area contributed by atoms with Crippen LogP contribution in [-0.4, -0.2) is 94.9 Å². The van der Waals surface area contributed by atoms with E-state index in [1.54, 1.807) is 32.6 Å². The molecule has 2 heterocycles. The fourth-order valence-corrected chi connectivity index (χ4v) is 5.09. The molecule has 2 saturated heterocycles. The Hall–Kier alpha value is -6.07. The first-order chi connectivity index (χ1) is 26.0. The van der Waals surface area contributed by atoms with E-state index in [0.717, 1.165) is 27.2 Å². The molecule has 0 N–H and O–H groups in total. The van der Waals surface area contributed by atoms with E-state index in [1.807, 2.05) is 37.3 Å². The zero-order valence-corrected chi connectivity index (χ0v) is 31.5. The van der Waals surface area contributed by atoms with Gasteiger partial charge in [-0.15, -0.1) is 0 Å². The highest BCUT2D eigenvalue weighted by Crippen LogP contribution is 2.27. The number of nitrogens with zero attached hydrogens (tertiary/aromatic N) is 4. The summed E-state index contributed by atoms with van der Waals surface area (Å²) in [5.74, 6) is -1.24. The van der Waals surface area contributed by atoms with E-state index < -0.39 is 33.0 Å². The van der Waals surface area contributed by atoms with Crippen molar-refractivity contribution in [2.45, 2.75) is 90.4 Å². The van der Waals surface area contributed by atoms with Gasteiger partial charge in [-0.2, -0.15) is 9.59 Å². The Labute approximate surface area is 357 Å². The lowest BCUT2D eigenvalue weighted by molar-refractivity contribution is -0.385. The van der Waals surface area contributed by atoms with Gasteiger partial charge in [0.2, 0.25) is 0 Å². The maximum Gasteiger partial charge on any atom is 0.412 e. The third kappa shape index (κ3) is 17.0. The zero-order chi connectivity index (χ0) is 41.4. The number of hydrogen-bond acceptors (Lipinski definition) is 14. The minimum Gasteiger partial charge on any atom is -0.467 e. The number of carbonyl (C=O) groups excluding carboxylic acids is 6. The summed E-state index contributed by atoms with van der Waals surface area (Å²) < 4.78 is 20.1. The van der Waals surface area contributed by atoms with E-state index in [0.29, 0.717) is 25.5 Å². The Kier molecular flexibility index (Phi) is 29.5. The van der Waals surface area contributed by atoms with Gasteiger partial charge in [-0.05, 0) is 86.2 Å². The molecule has 5 rings (SSSR count). The monoisotopic (exact) mass is 866 g/mol. The van der Waals surface area contributed by atoms with Crippen LogP contribution in [-0.2, 0) is 39.9 Å². The molecular formula is C41H59ClN4O14. The number of amides is 2. The third-order valence-electron chi connectivity index (χ3n) is 8.24. The highest BCUT2D eigenvalue weighted by atomic mass is 35.5. The third-order valence-corrected chi connectivity index (χ3v) is 8.44. The Morgan fingerprint density at radius 1 is 0.767 bits per heavy atom. The van der Waals surface area contributed by atoms with Crippen molar-refractivity contribution in [2.75, 3.05) is 33.8 Å². The number of aryl methyl sites for hydroxylation is 4. The molecule has 18 nitrogen and oxygen atoms in total. The number of benzene rings is 3. The normalized spacial score (nSPS) is 14.1. The predicted molar refractivity (Wildman–Crippen MR) is 226 cm³/mol. The predicted octanol–water partition coefficient (Wildman–Crippen LogP) is 8.37. The van der Waals surface area contributed by atoms with E-state index in [1.165, 1.54) is 31.4 Å². The van der Waals surface area contributed by atoms with Crippen LogP contribution in [0.3, 0.4) is 0 Å². The molecule has 2 aliphatic rings. The van der Waals surface area contributed by atoms with Gasteiger partial charge in [-0.3, -0.25) is 39.6 Å². The largest absolute Gasteiger partial charge is 0.467 e. The molecule has 0 radical (unpaired) electrons. The maximum atomic E-state index is 12.6. The van der Waals surface area contributed by atoms with Crippen molar-refractivity contribution >= 4 is 52.3 Å². The summed E-state index contributed by atoms with van der Waals surface area (Å²) in [5.41, 5.74) is 3.37. The molecule has 0 unspecified atom stereocenters. The molecule has 19 heteroatoms. The average Bonchev–Trinajstić information content (AvgIpc) is 3.82. The van der Waals surface area contributed by atoms with Crippen LogP contribution < -0.4 is 0 Å². The van der Waals surface area contributed by atoms with Gasteiger partial charge >= 0.3 is 18.2 Å². The topological polar surface area (TPSA) is 232 Å². The van der Waals surface area contributed by atoms with E-state index in [4.69, 9.17) is 35.4 Å². The molecule has 0 spiro atoms. The lowest BCUT2D eigenvalue weighted by Crippen LogP contribution is -2.42. The Morgan fingerprint density at radius 2 is 1.20 bits per heavy atom. The summed E-state index contributed by atoms with van der Waals surface area (Å²) in [4.78, 5) is 86.4. The highest BCUT2D eigenvalue weighted by molar-refractivity contribution is 6.68. The van der Waals surface area contributed by atoms with Gasteiger partial charge < -0.3 is 18.9 Å². The minimum absolute atomic E-state index is 0. The molecule has 2 aliphatic heterocycles. The smallest absolute Gasteiger partial charge is 0.412 e. The zero-order valence-electron chi connectivity index (χ0n) is 30.8. The Bertz CT molecular complexity index is 1880. The van der Waals surface area contributed by atoms with Gasteiger partial charge in [0.25, 0.3) is 22.5 Å². The first kappa shape index (κ1) is 60.6. The van der Waals surface area contributed by atoms with Crippen LogP contribution in [0, 0.1) is 47.9 Å². The molecule has 0 bridgehead atoms. The van der Waals surface area contributed by atoms with Gasteiger partial charge in [0.05, 0.1) is 36.2 Å². The number of hydrogen-bond donors (Lipinski definition) is 0. The molecule has 2 atom stereocenters. The summed E-state index contributed by atoms with van der Waals surface area (Å²) in [6.45, 7) is 10.1. The summed E-state index contributed by atoms with van der Waals surface area (Å²) in [7, 11) is 1.21. The van der Waals surface area contributed by atoms with Crippen molar-refractivity contribution in [1.82, 2.24) is 9.80 Å². The minimum atomic E-state index is -0.890. The van der Waals surface area contributed by atoms with Gasteiger partial charge in [0.15, 0.2) is 6.04 Å². The van der Waals surface area contributed by atoms with Crippen molar-refractivity contribution in [3.05, 3.63) is 114 Å². The lowest BCUT2D eigenvalue weighted by Gasteiger charge is -2.20. The number of rotatable bonds is 7. The second kappa shape index (κ2) is 29.2. The van der Waals surface area contributed by atoms with E-state index in [2.05, 4.69) is 4.74 Å². The van der Waals surface area contributed by atoms with E-state index in [-0.39, 0.29) is 91.3 Å². The molecule has 0 aromatic heterocycles. The first-order valence-corrected chi connectivity index (χ1v) is 16.6. The number of ether oxygens (including phenoxy) is 4. The molecule has 334 valence electrons. The summed E-state index contributed by atoms with van der Waals surface area (Å²) >= 11 is 5.23. The number of halogens is 1. The summed E-state index contributed by atoms with van der Waals surface area (Å²) in [5, 5.41) is 21.0. The number of methoxy groups -OCH3 is 1. The van der Waals surface area contributed by atoms with Crippen LogP contribution in [0.1, 0.15) is 92.6 Å². The summed E-state index contributed by atoms with van der Waals surface area (Å²) in [6, 6.07) is 14.4. The van der Waals surface area contributed by atoms with Crippen LogP contribution >= 0.6 is 11.6 Å². The lowest BCUT2D eigenvalue weighted by atomic mass is 10.0. The van der Waals surface area contributed by atoms with Gasteiger partial charge in [0, 0.05) is 12.1 Å². The fourth-order valence-electron chi connectivity index (χ4n) is 4.94. The molecule has 60 heavy (non-hydrogen) atoms. The van der Waals surface area contributed by atoms with Crippen molar-refractivity contribution in [1.29, 1.82) is 0 Å². The standard InChI is InChI=1S/C14H16N2O6.C12H15NO3.C9H8ClNO3.CO2.5CH4/c1-8-4-10(11(16(19)20)5-9(8)2)13(17)15-7-22-6-12(15)14(18)21-3;1-10-7-15-9-13(10)12(14)16-8-11-5-3-2-4-6-11;1-5-3-7(9(10)12)8(11(13)14)4-6(5)2;2-1-3;;;;;/h4-5,12H,6-7H2,1-3H3;2-6,10H,7-9H2,1H3;3-4H,1-2H3;;5*1H4/t12-;10-;;;;;;;/m01......./s1. The van der Waals surface area contributed by atoms with Gasteiger partial charge in [0.1, 0.15) is 31.2 Å². The van der Waals surface area contributed by atoms with Crippen LogP contribution in [0.4, 0.5) is 16.2 Å². The number of esters is 1. The Balaban J connectivity index is -0.000000373. The highest BCUT2D eigenvalue weighted by Gasteiger charge is 2.38. The average molecular weight is 867 g/mol. The second-order valence-electron chi connectivity index (χ2n) is 12.0. The summed E-state index contributed by atoms with van der Waals surface area (Å²) in [6.07, 6.45) is -0.0612. The van der Waals surface area contributed by atoms with Gasteiger partial charge in [-0.25, -0.2) is 9.59 Å². The molecule has 0 saturated carbocycles. The van der Waals surface area contributed by atoms with Crippen molar-refractivity contribution in [3.8, 4) is 0 Å². The van der Waals surface area contributed by atoms with Gasteiger partial charge in [-0.1, -0.05) is 67.5 Å². The quantitative estimate of drug-likeness (QED) is 0.0940.